The molecule has 2 aromatic carbocycles. The minimum Gasteiger partial charge on any atom is -0.496 e. The highest BCUT2D eigenvalue weighted by atomic mass is 16.5. The number of benzene rings is 2. The normalized spacial score (nSPS) is 10.5. The number of ether oxygens (including phenoxy) is 1. The van der Waals surface area contributed by atoms with Crippen molar-refractivity contribution in [1.82, 2.24) is 9.97 Å². The summed E-state index contributed by atoms with van der Waals surface area (Å²) >= 11 is 0. The molecular weight excluding hydrogens is 336 g/mol. The second-order valence-corrected chi connectivity index (χ2v) is 6.36. The van der Waals surface area contributed by atoms with Gasteiger partial charge < -0.3 is 15.0 Å². The summed E-state index contributed by atoms with van der Waals surface area (Å²) < 4.78 is 5.42. The summed E-state index contributed by atoms with van der Waals surface area (Å²) in [6, 6.07) is 20.4. The van der Waals surface area contributed by atoms with E-state index in [1.165, 1.54) is 5.56 Å². The van der Waals surface area contributed by atoms with Gasteiger partial charge in [-0.2, -0.15) is 4.98 Å². The topological polar surface area (TPSA) is 50.3 Å². The largest absolute Gasteiger partial charge is 0.496 e. The Morgan fingerprint density at radius 2 is 1.74 bits per heavy atom. The summed E-state index contributed by atoms with van der Waals surface area (Å²) in [6.07, 6.45) is 0. The number of nitrogens with one attached hydrogen (secondary N) is 1. The van der Waals surface area contributed by atoms with Crippen LogP contribution in [0.3, 0.4) is 0 Å². The average molecular weight is 362 g/mol. The summed E-state index contributed by atoms with van der Waals surface area (Å²) in [5, 5.41) is 3.40. The summed E-state index contributed by atoms with van der Waals surface area (Å²) in [7, 11) is 1.69. The van der Waals surface area contributed by atoms with Crippen LogP contribution < -0.4 is 15.0 Å². The van der Waals surface area contributed by atoms with Gasteiger partial charge in [0.2, 0.25) is 5.95 Å². The fourth-order valence-corrected chi connectivity index (χ4v) is 2.95. The smallest absolute Gasteiger partial charge is 0.227 e. The molecule has 1 heterocycles. The molecule has 1 aromatic heterocycles. The standard InChI is InChI=1S/C22H26N4O/c1-4-26(16-18-10-6-5-7-11-18)22-24-17(2)14-21(25-22)23-15-19-12-8-9-13-20(19)27-3/h5-14H,4,15-16H2,1-3H3,(H,23,24,25). The van der Waals surface area contributed by atoms with Crippen LogP contribution in [0, 0.1) is 6.92 Å². The van der Waals surface area contributed by atoms with Crippen molar-refractivity contribution in [1.29, 1.82) is 0 Å². The van der Waals surface area contributed by atoms with Crippen LogP contribution in [0.2, 0.25) is 0 Å². The number of para-hydroxylation sites is 1. The molecule has 0 amide bonds. The fraction of sp³-hybridized carbons (Fsp3) is 0.273. The molecule has 0 aliphatic carbocycles. The zero-order chi connectivity index (χ0) is 19.1. The Morgan fingerprint density at radius 3 is 2.48 bits per heavy atom. The molecule has 0 saturated carbocycles. The predicted molar refractivity (Wildman–Crippen MR) is 110 cm³/mol. The Labute approximate surface area is 161 Å². The van der Waals surface area contributed by atoms with E-state index in [1.54, 1.807) is 7.11 Å². The van der Waals surface area contributed by atoms with Crippen LogP contribution in [0.15, 0.2) is 60.7 Å². The maximum atomic E-state index is 5.42. The number of hydrogen-bond donors (Lipinski definition) is 1. The van der Waals surface area contributed by atoms with Gasteiger partial charge in [-0.3, -0.25) is 0 Å². The molecule has 5 heteroatoms. The Balaban J connectivity index is 1.76. The van der Waals surface area contributed by atoms with E-state index in [9.17, 15) is 0 Å². The minimum absolute atomic E-state index is 0.644. The first-order valence-electron chi connectivity index (χ1n) is 9.20. The maximum Gasteiger partial charge on any atom is 0.227 e. The molecule has 140 valence electrons. The number of anilines is 2. The highest BCUT2D eigenvalue weighted by Gasteiger charge is 2.11. The van der Waals surface area contributed by atoms with E-state index in [4.69, 9.17) is 9.72 Å². The molecule has 0 spiro atoms. The number of nitrogens with zero attached hydrogens (tertiary/aromatic N) is 3. The quantitative estimate of drug-likeness (QED) is 0.642. The monoisotopic (exact) mass is 362 g/mol. The van der Waals surface area contributed by atoms with Gasteiger partial charge in [0.15, 0.2) is 0 Å². The van der Waals surface area contributed by atoms with Crippen LogP contribution in [-0.4, -0.2) is 23.6 Å². The molecule has 3 aromatic rings. The number of rotatable bonds is 8. The molecule has 0 atom stereocenters. The third kappa shape index (κ3) is 4.97. The van der Waals surface area contributed by atoms with Gasteiger partial charge in [-0.05, 0) is 25.5 Å². The first-order valence-corrected chi connectivity index (χ1v) is 9.20. The van der Waals surface area contributed by atoms with E-state index in [0.29, 0.717) is 6.54 Å². The van der Waals surface area contributed by atoms with Crippen LogP contribution in [-0.2, 0) is 13.1 Å². The van der Waals surface area contributed by atoms with Crippen molar-refractivity contribution in [3.05, 3.63) is 77.5 Å². The summed E-state index contributed by atoms with van der Waals surface area (Å²) in [6.45, 7) is 6.38. The summed E-state index contributed by atoms with van der Waals surface area (Å²) in [5.41, 5.74) is 3.27. The van der Waals surface area contributed by atoms with Crippen molar-refractivity contribution in [2.75, 3.05) is 23.9 Å². The molecule has 27 heavy (non-hydrogen) atoms. The lowest BCUT2D eigenvalue weighted by Gasteiger charge is -2.22. The van der Waals surface area contributed by atoms with Gasteiger partial charge in [-0.25, -0.2) is 4.98 Å². The van der Waals surface area contributed by atoms with Gasteiger partial charge in [-0.1, -0.05) is 48.5 Å². The van der Waals surface area contributed by atoms with Gasteiger partial charge in [0.1, 0.15) is 11.6 Å². The molecule has 0 saturated heterocycles. The molecule has 0 aliphatic rings. The highest BCUT2D eigenvalue weighted by molar-refractivity contribution is 5.45. The molecule has 3 rings (SSSR count). The van der Waals surface area contributed by atoms with E-state index in [1.807, 2.05) is 37.3 Å². The lowest BCUT2D eigenvalue weighted by atomic mass is 10.2. The van der Waals surface area contributed by atoms with E-state index in [2.05, 4.69) is 52.5 Å². The molecule has 0 radical (unpaired) electrons. The third-order valence-corrected chi connectivity index (χ3v) is 4.38. The van der Waals surface area contributed by atoms with Gasteiger partial charge in [0.25, 0.3) is 0 Å². The molecule has 1 N–H and O–H groups in total. The van der Waals surface area contributed by atoms with Gasteiger partial charge in [-0.15, -0.1) is 0 Å². The lowest BCUT2D eigenvalue weighted by molar-refractivity contribution is 0.410. The summed E-state index contributed by atoms with van der Waals surface area (Å²) in [5.74, 6) is 2.43. The Hall–Kier alpha value is -3.08. The predicted octanol–water partition coefficient (Wildman–Crippen LogP) is 4.43. The first-order chi connectivity index (χ1) is 13.2. The van der Waals surface area contributed by atoms with Gasteiger partial charge >= 0.3 is 0 Å². The van der Waals surface area contributed by atoms with Crippen molar-refractivity contribution in [2.45, 2.75) is 26.9 Å². The number of hydrogen-bond acceptors (Lipinski definition) is 5. The van der Waals surface area contributed by atoms with Crippen molar-refractivity contribution in [3.8, 4) is 5.75 Å². The average Bonchev–Trinajstić information content (AvgIpc) is 2.71. The van der Waals surface area contributed by atoms with Gasteiger partial charge in [0, 0.05) is 37.0 Å². The highest BCUT2D eigenvalue weighted by Crippen LogP contribution is 2.20. The second kappa shape index (κ2) is 9.03. The van der Waals surface area contributed by atoms with E-state index in [-0.39, 0.29) is 0 Å². The Kier molecular flexibility index (Phi) is 6.26. The Bertz CT molecular complexity index is 867. The van der Waals surface area contributed by atoms with Crippen molar-refractivity contribution >= 4 is 11.8 Å². The maximum absolute atomic E-state index is 5.42. The molecule has 0 bridgehead atoms. The number of aromatic nitrogens is 2. The summed E-state index contributed by atoms with van der Waals surface area (Å²) in [4.78, 5) is 11.6. The second-order valence-electron chi connectivity index (χ2n) is 6.36. The molecule has 0 aliphatic heterocycles. The van der Waals surface area contributed by atoms with E-state index >= 15 is 0 Å². The van der Waals surface area contributed by atoms with E-state index in [0.717, 1.165) is 41.9 Å². The zero-order valence-corrected chi connectivity index (χ0v) is 16.1. The fourth-order valence-electron chi connectivity index (χ4n) is 2.95. The van der Waals surface area contributed by atoms with Crippen LogP contribution >= 0.6 is 0 Å². The molecule has 0 unspecified atom stereocenters. The molecule has 5 nitrogen and oxygen atoms in total. The lowest BCUT2D eigenvalue weighted by Crippen LogP contribution is -2.24. The number of methoxy groups -OCH3 is 1. The SMILES string of the molecule is CCN(Cc1ccccc1)c1nc(C)cc(NCc2ccccc2OC)n1. The van der Waals surface area contributed by atoms with Crippen molar-refractivity contribution in [3.63, 3.8) is 0 Å². The zero-order valence-electron chi connectivity index (χ0n) is 16.1. The molecule has 0 fully saturated rings. The van der Waals surface area contributed by atoms with Gasteiger partial charge in [0.05, 0.1) is 7.11 Å². The third-order valence-electron chi connectivity index (χ3n) is 4.38. The van der Waals surface area contributed by atoms with Crippen molar-refractivity contribution in [2.24, 2.45) is 0 Å². The van der Waals surface area contributed by atoms with E-state index < -0.39 is 0 Å². The van der Waals surface area contributed by atoms with Crippen LogP contribution in [0.5, 0.6) is 5.75 Å². The van der Waals surface area contributed by atoms with Crippen LogP contribution in [0.1, 0.15) is 23.7 Å². The molecular formula is C22H26N4O. The Morgan fingerprint density at radius 1 is 1.00 bits per heavy atom. The van der Waals surface area contributed by atoms with Crippen molar-refractivity contribution < 1.29 is 4.74 Å². The number of aryl methyl sites for hydroxylation is 1. The first kappa shape index (κ1) is 18.7. The van der Waals surface area contributed by atoms with Crippen LogP contribution in [0.4, 0.5) is 11.8 Å². The minimum atomic E-state index is 0.644. The van der Waals surface area contributed by atoms with Crippen LogP contribution in [0.25, 0.3) is 0 Å².